The van der Waals surface area contributed by atoms with Crippen molar-refractivity contribution < 1.29 is 14.6 Å². The molecule has 0 radical (unpaired) electrons. The van der Waals surface area contributed by atoms with Gasteiger partial charge in [-0.15, -0.1) is 0 Å². The first kappa shape index (κ1) is 18.4. The molecule has 0 fully saturated rings. The Labute approximate surface area is 136 Å². The lowest BCUT2D eigenvalue weighted by atomic mass is 10.2. The molecular weight excluding hydrogens is 334 g/mol. The van der Waals surface area contributed by atoms with E-state index in [1.165, 1.54) is 0 Å². The molecule has 0 bridgehead atoms. The minimum atomic E-state index is -0.634. The van der Waals surface area contributed by atoms with Crippen molar-refractivity contribution >= 4 is 15.9 Å². The monoisotopic (exact) mass is 359 g/mol. The molecular formula is C16H26BrNO3. The van der Waals surface area contributed by atoms with E-state index >= 15 is 0 Å². The van der Waals surface area contributed by atoms with Crippen LogP contribution in [0.15, 0.2) is 22.7 Å². The number of benzene rings is 1. The fourth-order valence-corrected chi connectivity index (χ4v) is 2.22. The van der Waals surface area contributed by atoms with Crippen LogP contribution in [0.5, 0.6) is 5.75 Å². The minimum absolute atomic E-state index is 0.105. The molecule has 0 aliphatic carbocycles. The van der Waals surface area contributed by atoms with Crippen molar-refractivity contribution in [1.82, 2.24) is 5.32 Å². The highest BCUT2D eigenvalue weighted by Crippen LogP contribution is 2.29. The number of aliphatic hydroxyl groups excluding tert-OH is 1. The van der Waals surface area contributed by atoms with Crippen LogP contribution in [-0.2, 0) is 11.3 Å². The number of halogens is 1. The molecule has 120 valence electrons. The number of aliphatic hydroxyl groups is 1. The molecule has 1 aromatic rings. The van der Waals surface area contributed by atoms with Gasteiger partial charge in [-0.25, -0.2) is 0 Å². The first-order valence-corrected chi connectivity index (χ1v) is 8.12. The molecule has 21 heavy (non-hydrogen) atoms. The van der Waals surface area contributed by atoms with Gasteiger partial charge in [0.15, 0.2) is 0 Å². The lowest BCUT2D eigenvalue weighted by Gasteiger charge is -2.18. The van der Waals surface area contributed by atoms with Crippen LogP contribution in [0.1, 0.15) is 33.3 Å². The van der Waals surface area contributed by atoms with Gasteiger partial charge in [-0.2, -0.15) is 0 Å². The highest BCUT2D eigenvalue weighted by molar-refractivity contribution is 9.10. The number of rotatable bonds is 9. The summed E-state index contributed by atoms with van der Waals surface area (Å²) in [5, 5.41) is 13.2. The third-order valence-electron chi connectivity index (χ3n) is 2.79. The molecule has 2 N–H and O–H groups in total. The van der Waals surface area contributed by atoms with Crippen LogP contribution in [0.25, 0.3) is 0 Å². The largest absolute Gasteiger partial charge is 0.489 e. The van der Waals surface area contributed by atoms with E-state index < -0.39 is 6.10 Å². The Morgan fingerprint density at radius 1 is 1.19 bits per heavy atom. The van der Waals surface area contributed by atoms with Crippen LogP contribution in [0.4, 0.5) is 0 Å². The van der Waals surface area contributed by atoms with Gasteiger partial charge in [-0.05, 0) is 35.8 Å². The Kier molecular flexibility index (Phi) is 8.26. The van der Waals surface area contributed by atoms with E-state index in [0.717, 1.165) is 22.3 Å². The number of hydrogen-bond donors (Lipinski definition) is 2. The first-order chi connectivity index (χ1) is 9.90. The molecule has 1 atom stereocenters. The fourth-order valence-electron chi connectivity index (χ4n) is 1.70. The van der Waals surface area contributed by atoms with Crippen molar-refractivity contribution in [3.63, 3.8) is 0 Å². The molecule has 1 rings (SSSR count). The first-order valence-electron chi connectivity index (χ1n) is 7.33. The number of nitrogens with one attached hydrogen (secondary N) is 1. The average molecular weight is 360 g/mol. The molecule has 0 aliphatic heterocycles. The van der Waals surface area contributed by atoms with Gasteiger partial charge < -0.3 is 19.9 Å². The standard InChI is InChI=1S/C16H26BrNO3/c1-11(2)18-8-13-6-5-7-15(17)16(13)21-10-14(19)9-20-12(3)4/h5-7,11-12,14,18-19H,8-10H2,1-4H3. The van der Waals surface area contributed by atoms with E-state index in [1.54, 1.807) is 0 Å². The summed E-state index contributed by atoms with van der Waals surface area (Å²) in [5.41, 5.74) is 1.06. The van der Waals surface area contributed by atoms with Crippen LogP contribution in [-0.4, -0.2) is 36.6 Å². The van der Waals surface area contributed by atoms with Crippen LogP contribution in [0.2, 0.25) is 0 Å². The van der Waals surface area contributed by atoms with Crippen LogP contribution in [0, 0.1) is 0 Å². The SMILES string of the molecule is CC(C)NCc1cccc(Br)c1OCC(O)COC(C)C. The Morgan fingerprint density at radius 2 is 1.90 bits per heavy atom. The molecule has 0 amide bonds. The van der Waals surface area contributed by atoms with E-state index in [9.17, 15) is 5.11 Å². The van der Waals surface area contributed by atoms with Crippen molar-refractivity contribution in [3.05, 3.63) is 28.2 Å². The smallest absolute Gasteiger partial charge is 0.138 e. The number of hydrogen-bond acceptors (Lipinski definition) is 4. The summed E-state index contributed by atoms with van der Waals surface area (Å²) in [4.78, 5) is 0. The molecule has 0 aromatic heterocycles. The molecule has 0 saturated heterocycles. The van der Waals surface area contributed by atoms with Crippen molar-refractivity contribution in [2.24, 2.45) is 0 Å². The second kappa shape index (κ2) is 9.41. The zero-order chi connectivity index (χ0) is 15.8. The Bertz CT molecular complexity index is 424. The van der Waals surface area contributed by atoms with Gasteiger partial charge in [0.25, 0.3) is 0 Å². The van der Waals surface area contributed by atoms with Gasteiger partial charge in [0.1, 0.15) is 18.5 Å². The average Bonchev–Trinajstić information content (AvgIpc) is 2.41. The minimum Gasteiger partial charge on any atom is -0.489 e. The molecule has 0 aliphatic rings. The maximum absolute atomic E-state index is 9.88. The predicted molar refractivity (Wildman–Crippen MR) is 88.7 cm³/mol. The normalized spacial score (nSPS) is 13.0. The molecule has 0 saturated carbocycles. The molecule has 0 heterocycles. The van der Waals surface area contributed by atoms with E-state index in [1.807, 2.05) is 32.0 Å². The lowest BCUT2D eigenvalue weighted by Crippen LogP contribution is -2.26. The van der Waals surface area contributed by atoms with E-state index in [0.29, 0.717) is 6.04 Å². The van der Waals surface area contributed by atoms with E-state index in [4.69, 9.17) is 9.47 Å². The summed E-state index contributed by atoms with van der Waals surface area (Å²) in [6.45, 7) is 9.31. The number of ether oxygens (including phenoxy) is 2. The quantitative estimate of drug-likeness (QED) is 0.711. The summed E-state index contributed by atoms with van der Waals surface area (Å²) in [5.74, 6) is 0.772. The van der Waals surface area contributed by atoms with Crippen molar-refractivity contribution in [2.75, 3.05) is 13.2 Å². The summed E-state index contributed by atoms with van der Waals surface area (Å²) in [6, 6.07) is 6.34. The van der Waals surface area contributed by atoms with Gasteiger partial charge in [-0.1, -0.05) is 26.0 Å². The maximum Gasteiger partial charge on any atom is 0.138 e. The molecule has 5 heteroatoms. The van der Waals surface area contributed by atoms with Gasteiger partial charge >= 0.3 is 0 Å². The third-order valence-corrected chi connectivity index (χ3v) is 3.42. The summed E-state index contributed by atoms with van der Waals surface area (Å²) < 4.78 is 12.0. The molecule has 1 unspecified atom stereocenters. The Balaban J connectivity index is 2.60. The number of para-hydroxylation sites is 1. The van der Waals surface area contributed by atoms with Gasteiger partial charge in [0.2, 0.25) is 0 Å². The topological polar surface area (TPSA) is 50.7 Å². The van der Waals surface area contributed by atoms with Crippen molar-refractivity contribution in [2.45, 2.75) is 52.5 Å². The second-order valence-electron chi connectivity index (χ2n) is 5.61. The predicted octanol–water partition coefficient (Wildman–Crippen LogP) is 3.11. The highest BCUT2D eigenvalue weighted by atomic mass is 79.9. The molecule has 4 nitrogen and oxygen atoms in total. The fraction of sp³-hybridized carbons (Fsp3) is 0.625. The summed E-state index contributed by atoms with van der Waals surface area (Å²) in [6.07, 6.45) is -0.528. The highest BCUT2D eigenvalue weighted by Gasteiger charge is 2.12. The van der Waals surface area contributed by atoms with Gasteiger partial charge in [-0.3, -0.25) is 0 Å². The molecule has 1 aromatic carbocycles. The van der Waals surface area contributed by atoms with Gasteiger partial charge in [0.05, 0.1) is 17.2 Å². The van der Waals surface area contributed by atoms with Crippen molar-refractivity contribution in [1.29, 1.82) is 0 Å². The maximum atomic E-state index is 9.88. The van der Waals surface area contributed by atoms with Gasteiger partial charge in [0, 0.05) is 18.2 Å². The Hall–Kier alpha value is -0.620. The summed E-state index contributed by atoms with van der Waals surface area (Å²) in [7, 11) is 0. The summed E-state index contributed by atoms with van der Waals surface area (Å²) >= 11 is 3.50. The second-order valence-corrected chi connectivity index (χ2v) is 6.46. The molecule has 0 spiro atoms. The Morgan fingerprint density at radius 3 is 2.52 bits per heavy atom. The van der Waals surface area contributed by atoms with E-state index in [-0.39, 0.29) is 19.3 Å². The van der Waals surface area contributed by atoms with Crippen LogP contribution < -0.4 is 10.1 Å². The lowest BCUT2D eigenvalue weighted by molar-refractivity contribution is -0.0125. The van der Waals surface area contributed by atoms with Crippen molar-refractivity contribution in [3.8, 4) is 5.75 Å². The third kappa shape index (κ3) is 7.27. The zero-order valence-corrected chi connectivity index (χ0v) is 14.8. The zero-order valence-electron chi connectivity index (χ0n) is 13.2. The van der Waals surface area contributed by atoms with E-state index in [2.05, 4.69) is 35.1 Å². The van der Waals surface area contributed by atoms with Crippen LogP contribution in [0.3, 0.4) is 0 Å². The van der Waals surface area contributed by atoms with Crippen LogP contribution >= 0.6 is 15.9 Å².